The lowest BCUT2D eigenvalue weighted by Gasteiger charge is -2.36. The van der Waals surface area contributed by atoms with Gasteiger partial charge in [0, 0.05) is 55.0 Å². The van der Waals surface area contributed by atoms with Crippen molar-refractivity contribution in [1.82, 2.24) is 9.88 Å². The van der Waals surface area contributed by atoms with Gasteiger partial charge in [-0.25, -0.2) is 0 Å². The number of nitrogens with zero attached hydrogens (tertiary/aromatic N) is 3. The fraction of sp³-hybridized carbons (Fsp3) is 0.375. The van der Waals surface area contributed by atoms with Gasteiger partial charge in [-0.15, -0.1) is 0 Å². The monoisotopic (exact) mass is 402 g/mol. The van der Waals surface area contributed by atoms with E-state index in [1.165, 1.54) is 11.3 Å². The molecule has 3 heterocycles. The van der Waals surface area contributed by atoms with Crippen LogP contribution in [0.15, 0.2) is 42.6 Å². The molecule has 2 aliphatic rings. The van der Waals surface area contributed by atoms with Crippen LogP contribution in [0, 0.1) is 11.3 Å². The molecule has 0 aliphatic carbocycles. The number of aromatic amines is 1. The third kappa shape index (κ3) is 3.81. The van der Waals surface area contributed by atoms with Crippen LogP contribution in [-0.4, -0.2) is 55.8 Å². The van der Waals surface area contributed by atoms with Crippen LogP contribution >= 0.6 is 0 Å². The number of nitrogens with one attached hydrogen (secondary N) is 1. The fourth-order valence-corrected chi connectivity index (χ4v) is 4.38. The van der Waals surface area contributed by atoms with Gasteiger partial charge in [-0.2, -0.15) is 5.26 Å². The molecule has 1 fully saturated rings. The molecule has 0 amide bonds. The summed E-state index contributed by atoms with van der Waals surface area (Å²) >= 11 is 0. The summed E-state index contributed by atoms with van der Waals surface area (Å²) in [5.41, 5.74) is 4.27. The third-order valence-electron chi connectivity index (χ3n) is 6.07. The van der Waals surface area contributed by atoms with Gasteiger partial charge in [-0.1, -0.05) is 6.07 Å². The molecule has 5 rings (SSSR count). The summed E-state index contributed by atoms with van der Waals surface area (Å²) in [6, 6.07) is 14.9. The van der Waals surface area contributed by atoms with Crippen LogP contribution < -0.4 is 14.4 Å². The maximum absolute atomic E-state index is 9.23. The predicted octanol–water partition coefficient (Wildman–Crippen LogP) is 3.57. The van der Waals surface area contributed by atoms with E-state index < -0.39 is 0 Å². The number of anilines is 1. The van der Waals surface area contributed by atoms with Crippen molar-refractivity contribution < 1.29 is 9.47 Å². The van der Waals surface area contributed by atoms with Crippen LogP contribution in [0.1, 0.15) is 17.5 Å². The number of ether oxygens (including phenoxy) is 2. The maximum atomic E-state index is 9.23. The first-order valence-corrected chi connectivity index (χ1v) is 10.7. The molecule has 1 N–H and O–H groups in total. The summed E-state index contributed by atoms with van der Waals surface area (Å²) in [5, 5.41) is 10.3. The van der Waals surface area contributed by atoms with E-state index in [0.717, 1.165) is 73.5 Å². The SMILES string of the molecule is N#Cc1c[nH]c2ccc(CCCN3CCN(c4ccc5c(c4)OCCO5)CC3)cc12. The Balaban J connectivity index is 1.12. The number of hydrogen-bond donors (Lipinski definition) is 1. The zero-order valence-corrected chi connectivity index (χ0v) is 17.1. The van der Waals surface area contributed by atoms with Gasteiger partial charge < -0.3 is 19.4 Å². The van der Waals surface area contributed by atoms with Crippen LogP contribution in [0.3, 0.4) is 0 Å². The Hall–Kier alpha value is -3.17. The summed E-state index contributed by atoms with van der Waals surface area (Å²) in [4.78, 5) is 8.13. The summed E-state index contributed by atoms with van der Waals surface area (Å²) < 4.78 is 11.4. The Kier molecular flexibility index (Phi) is 5.20. The molecule has 0 radical (unpaired) electrons. The normalized spacial score (nSPS) is 16.6. The number of hydrogen-bond acceptors (Lipinski definition) is 5. The Morgan fingerprint density at radius 2 is 1.80 bits per heavy atom. The summed E-state index contributed by atoms with van der Waals surface area (Å²) in [6.07, 6.45) is 3.95. The first kappa shape index (κ1) is 18.8. The molecule has 3 aromatic rings. The van der Waals surface area contributed by atoms with Gasteiger partial charge in [0.1, 0.15) is 19.3 Å². The number of aromatic nitrogens is 1. The fourth-order valence-electron chi connectivity index (χ4n) is 4.38. The quantitative estimate of drug-likeness (QED) is 0.707. The average Bonchev–Trinajstić information content (AvgIpc) is 3.22. The lowest BCUT2D eigenvalue weighted by atomic mass is 10.1. The van der Waals surface area contributed by atoms with Crippen molar-refractivity contribution in [2.75, 3.05) is 50.8 Å². The number of piperazine rings is 1. The Morgan fingerprint density at radius 3 is 2.63 bits per heavy atom. The number of H-pyrrole nitrogens is 1. The van der Waals surface area contributed by atoms with E-state index in [9.17, 15) is 5.26 Å². The van der Waals surface area contributed by atoms with E-state index in [4.69, 9.17) is 9.47 Å². The molecule has 6 heteroatoms. The van der Waals surface area contributed by atoms with Crippen molar-refractivity contribution in [2.45, 2.75) is 12.8 Å². The van der Waals surface area contributed by atoms with Gasteiger partial charge in [0.15, 0.2) is 11.5 Å². The molecular formula is C24H26N4O2. The van der Waals surface area contributed by atoms with Crippen LogP contribution in [-0.2, 0) is 6.42 Å². The topological polar surface area (TPSA) is 64.5 Å². The van der Waals surface area contributed by atoms with E-state index in [0.29, 0.717) is 13.2 Å². The highest BCUT2D eigenvalue weighted by molar-refractivity contribution is 5.86. The van der Waals surface area contributed by atoms with Gasteiger partial charge in [-0.05, 0) is 49.2 Å². The minimum Gasteiger partial charge on any atom is -0.486 e. The molecule has 0 atom stereocenters. The summed E-state index contributed by atoms with van der Waals surface area (Å²) in [6.45, 7) is 6.56. The van der Waals surface area contributed by atoms with Gasteiger partial charge in [0.05, 0.1) is 5.56 Å². The standard InChI is InChI=1S/C24H26N4O2/c25-16-19-17-26-22-5-3-18(14-21(19)22)2-1-7-27-8-10-28(11-9-27)20-4-6-23-24(15-20)30-13-12-29-23/h3-6,14-15,17,26H,1-2,7-13H2. The smallest absolute Gasteiger partial charge is 0.163 e. The highest BCUT2D eigenvalue weighted by Crippen LogP contribution is 2.34. The number of benzene rings is 2. The van der Waals surface area contributed by atoms with Gasteiger partial charge in [0.2, 0.25) is 0 Å². The predicted molar refractivity (Wildman–Crippen MR) is 117 cm³/mol. The Morgan fingerprint density at radius 1 is 0.967 bits per heavy atom. The molecular weight excluding hydrogens is 376 g/mol. The zero-order chi connectivity index (χ0) is 20.3. The van der Waals surface area contributed by atoms with Gasteiger partial charge >= 0.3 is 0 Å². The average molecular weight is 402 g/mol. The third-order valence-corrected chi connectivity index (χ3v) is 6.07. The Bertz CT molecular complexity index is 1080. The molecule has 1 aromatic heterocycles. The maximum Gasteiger partial charge on any atom is 0.163 e. The van der Waals surface area contributed by atoms with Crippen LogP contribution in [0.2, 0.25) is 0 Å². The first-order valence-electron chi connectivity index (χ1n) is 10.7. The lowest BCUT2D eigenvalue weighted by molar-refractivity contribution is 0.171. The Labute approximate surface area is 176 Å². The highest BCUT2D eigenvalue weighted by Gasteiger charge is 2.19. The highest BCUT2D eigenvalue weighted by atomic mass is 16.6. The molecule has 0 saturated carbocycles. The molecule has 0 unspecified atom stereocenters. The summed E-state index contributed by atoms with van der Waals surface area (Å²) in [7, 11) is 0. The van der Waals surface area contributed by atoms with Crippen LogP contribution in [0.4, 0.5) is 5.69 Å². The number of rotatable bonds is 5. The zero-order valence-electron chi connectivity index (χ0n) is 17.1. The van der Waals surface area contributed by atoms with E-state index in [1.54, 1.807) is 6.20 Å². The number of aryl methyl sites for hydroxylation is 1. The van der Waals surface area contributed by atoms with E-state index in [-0.39, 0.29) is 0 Å². The second-order valence-electron chi connectivity index (χ2n) is 7.95. The van der Waals surface area contributed by atoms with Crippen molar-refractivity contribution in [3.63, 3.8) is 0 Å². The second kappa shape index (κ2) is 8.29. The molecule has 0 bridgehead atoms. The molecule has 6 nitrogen and oxygen atoms in total. The van der Waals surface area contributed by atoms with Crippen LogP contribution in [0.5, 0.6) is 11.5 Å². The first-order chi connectivity index (χ1) is 14.8. The number of nitriles is 1. The molecule has 2 aliphatic heterocycles. The van der Waals surface area contributed by atoms with Gasteiger partial charge in [-0.3, -0.25) is 4.90 Å². The van der Waals surface area contributed by atoms with Crippen molar-refractivity contribution in [1.29, 1.82) is 5.26 Å². The van der Waals surface area contributed by atoms with Crippen molar-refractivity contribution in [2.24, 2.45) is 0 Å². The molecule has 1 saturated heterocycles. The van der Waals surface area contributed by atoms with E-state index in [2.05, 4.69) is 51.2 Å². The van der Waals surface area contributed by atoms with Crippen LogP contribution in [0.25, 0.3) is 10.9 Å². The van der Waals surface area contributed by atoms with E-state index >= 15 is 0 Å². The second-order valence-corrected chi connectivity index (χ2v) is 7.95. The molecule has 30 heavy (non-hydrogen) atoms. The van der Waals surface area contributed by atoms with Crippen molar-refractivity contribution >= 4 is 16.6 Å². The van der Waals surface area contributed by atoms with Crippen molar-refractivity contribution in [3.8, 4) is 17.6 Å². The van der Waals surface area contributed by atoms with E-state index in [1.807, 2.05) is 6.07 Å². The number of fused-ring (bicyclic) bond motifs is 2. The molecule has 2 aromatic carbocycles. The lowest BCUT2D eigenvalue weighted by Crippen LogP contribution is -2.46. The molecule has 0 spiro atoms. The molecule has 154 valence electrons. The minimum atomic E-state index is 0.624. The largest absolute Gasteiger partial charge is 0.486 e. The van der Waals surface area contributed by atoms with Crippen molar-refractivity contribution in [3.05, 3.63) is 53.7 Å². The van der Waals surface area contributed by atoms with Gasteiger partial charge in [0.25, 0.3) is 0 Å². The minimum absolute atomic E-state index is 0.624. The summed E-state index contributed by atoms with van der Waals surface area (Å²) in [5.74, 6) is 1.71.